The van der Waals surface area contributed by atoms with Crippen LogP contribution in [0.2, 0.25) is 0 Å². The van der Waals surface area contributed by atoms with Crippen molar-refractivity contribution < 1.29 is 42.9 Å². The van der Waals surface area contributed by atoms with Crippen molar-refractivity contribution in [3.05, 3.63) is 65.9 Å². The number of fused-ring (bicyclic) bond motifs is 1. The molecule has 1 aliphatic carbocycles. The number of anilines is 1. The molecule has 0 saturated heterocycles. The van der Waals surface area contributed by atoms with E-state index < -0.39 is 35.6 Å². The smallest absolute Gasteiger partial charge is 0.408 e. The van der Waals surface area contributed by atoms with Crippen molar-refractivity contribution in [2.75, 3.05) is 5.32 Å². The number of carboxylic acids is 1. The molecule has 0 radical (unpaired) electrons. The average molecular weight is 641 g/mol. The Hall–Kier alpha value is -5.74. The number of nitrogens with one attached hydrogen (secondary N) is 4. The fraction of sp³-hybridized carbons (Fsp3) is 0.310. The Kier molecular flexibility index (Phi) is 11.0. The van der Waals surface area contributed by atoms with E-state index in [0.29, 0.717) is 35.0 Å². The van der Waals surface area contributed by atoms with Crippen molar-refractivity contribution in [1.82, 2.24) is 35.6 Å². The van der Waals surface area contributed by atoms with Gasteiger partial charge >= 0.3 is 12.1 Å². The van der Waals surface area contributed by atoms with Crippen molar-refractivity contribution in [2.24, 2.45) is 0 Å². The molecule has 46 heavy (non-hydrogen) atoms. The second-order valence-corrected chi connectivity index (χ2v) is 10.3. The predicted octanol–water partition coefficient (Wildman–Crippen LogP) is 3.25. The van der Waals surface area contributed by atoms with Crippen LogP contribution in [0.5, 0.6) is 0 Å². The highest BCUT2D eigenvalue weighted by Gasteiger charge is 2.26. The maximum Gasteiger partial charge on any atom is 0.408 e. The van der Waals surface area contributed by atoms with Crippen LogP contribution in [0.4, 0.5) is 19.4 Å². The van der Waals surface area contributed by atoms with Crippen molar-refractivity contribution in [2.45, 2.75) is 57.3 Å². The third kappa shape index (κ3) is 8.67. The lowest BCUT2D eigenvalue weighted by atomic mass is 9.91. The number of aromatic nitrogens is 5. The minimum Gasteiger partial charge on any atom is -0.483 e. The summed E-state index contributed by atoms with van der Waals surface area (Å²) in [6.45, 7) is 0.865. The number of carbonyl (C=O) groups is 4. The van der Waals surface area contributed by atoms with Crippen LogP contribution in [0.25, 0.3) is 22.4 Å². The van der Waals surface area contributed by atoms with Gasteiger partial charge in [0.05, 0.1) is 12.4 Å². The summed E-state index contributed by atoms with van der Waals surface area (Å²) < 4.78 is 33.5. The molecule has 6 N–H and O–H groups in total. The van der Waals surface area contributed by atoms with Gasteiger partial charge in [-0.2, -0.15) is 0 Å². The van der Waals surface area contributed by atoms with E-state index in [9.17, 15) is 23.2 Å². The molecule has 1 saturated carbocycles. The second kappa shape index (κ2) is 15.3. The molecule has 0 bridgehead atoms. The molecule has 3 atom stereocenters. The summed E-state index contributed by atoms with van der Waals surface area (Å²) in [7, 11) is 0. The zero-order valence-electron chi connectivity index (χ0n) is 24.4. The fourth-order valence-electron chi connectivity index (χ4n) is 4.78. The first-order chi connectivity index (χ1) is 22.1. The number of pyridine rings is 2. The predicted molar refractivity (Wildman–Crippen MR) is 158 cm³/mol. The maximum absolute atomic E-state index is 14.7. The zero-order valence-corrected chi connectivity index (χ0v) is 24.4. The van der Waals surface area contributed by atoms with Crippen LogP contribution < -0.4 is 16.0 Å². The number of amides is 2. The van der Waals surface area contributed by atoms with Gasteiger partial charge in [0.15, 0.2) is 17.5 Å². The van der Waals surface area contributed by atoms with Crippen LogP contribution in [-0.2, 0) is 20.9 Å². The first-order valence-electron chi connectivity index (χ1n) is 14.0. The number of carbonyl (C=O) groups excluding carboxylic acids is 2. The van der Waals surface area contributed by atoms with Gasteiger partial charge in [0.25, 0.3) is 12.4 Å². The normalized spacial score (nSPS) is 16.3. The fourth-order valence-corrected chi connectivity index (χ4v) is 4.78. The highest BCUT2D eigenvalue weighted by Crippen LogP contribution is 2.28. The van der Waals surface area contributed by atoms with E-state index in [1.54, 1.807) is 12.3 Å². The van der Waals surface area contributed by atoms with Gasteiger partial charge in [-0.3, -0.25) is 19.4 Å². The second-order valence-electron chi connectivity index (χ2n) is 10.3. The Balaban J connectivity index is 0.00000154. The minimum atomic E-state index is -1.20. The van der Waals surface area contributed by atoms with E-state index in [-0.39, 0.29) is 42.5 Å². The number of H-pyrrole nitrogens is 1. The van der Waals surface area contributed by atoms with Crippen molar-refractivity contribution in [1.29, 1.82) is 0 Å². The summed E-state index contributed by atoms with van der Waals surface area (Å²) >= 11 is 0. The van der Waals surface area contributed by atoms with E-state index in [4.69, 9.17) is 19.7 Å². The molecule has 2 amide bonds. The van der Waals surface area contributed by atoms with Crippen LogP contribution in [0.3, 0.4) is 0 Å². The number of carboxylic acid groups (broad SMARTS) is 2. The van der Waals surface area contributed by atoms with E-state index in [0.717, 1.165) is 25.2 Å². The SMILES string of the molecule is C[C@@H](NC(=O)OCc1ccnc(C(=O)N[C@@H]2CCC[C@H](Nc3nc(-c4c[nH]c5ncc(F)cc45)ncc3F)C2)c1)C(=O)O.O=CO. The van der Waals surface area contributed by atoms with Crippen LogP contribution in [0.1, 0.15) is 48.7 Å². The standard InChI is InChI=1S/C28H28F2N8O5.CH2O2/c1-14(27(40)41)35-28(42)43-13-15-5-6-31-22(7-15)26(39)37-18-4-2-3-17(9-18)36-25-21(30)12-34-24(38-25)20-11-33-23-19(20)8-16(29)10-32-23;2-1-3/h5-8,10-12,14,17-18H,2-4,9,13H2,1H3,(H,32,33)(H,35,42)(H,37,39)(H,40,41)(H,34,36,38);1H,(H,2,3)/t14-,17+,18-;/m1./s1. The van der Waals surface area contributed by atoms with E-state index in [1.165, 1.54) is 25.3 Å². The Bertz CT molecular complexity index is 1720. The van der Waals surface area contributed by atoms with Gasteiger partial charge in [0.2, 0.25) is 0 Å². The number of ether oxygens (including phenoxy) is 1. The zero-order chi connectivity index (χ0) is 33.2. The summed E-state index contributed by atoms with van der Waals surface area (Å²) in [5.74, 6) is -2.59. The summed E-state index contributed by atoms with van der Waals surface area (Å²) in [6.07, 6.45) is 6.93. The Morgan fingerprint density at radius 1 is 1.15 bits per heavy atom. The third-order valence-electron chi connectivity index (χ3n) is 6.96. The molecule has 17 heteroatoms. The molecular weight excluding hydrogens is 610 g/mol. The summed E-state index contributed by atoms with van der Waals surface area (Å²) in [4.78, 5) is 63.4. The average Bonchev–Trinajstić information content (AvgIpc) is 3.45. The highest BCUT2D eigenvalue weighted by molar-refractivity contribution is 5.93. The summed E-state index contributed by atoms with van der Waals surface area (Å²) in [5.41, 5.74) is 1.54. The van der Waals surface area contributed by atoms with Gasteiger partial charge in [-0.1, -0.05) is 0 Å². The molecule has 4 heterocycles. The molecule has 1 fully saturated rings. The molecule has 0 spiro atoms. The van der Waals surface area contributed by atoms with Crippen molar-refractivity contribution in [3.63, 3.8) is 0 Å². The largest absolute Gasteiger partial charge is 0.483 e. The Labute approximate surface area is 259 Å². The summed E-state index contributed by atoms with van der Waals surface area (Å²) in [5, 5.41) is 24.5. The molecule has 4 aromatic heterocycles. The van der Waals surface area contributed by atoms with Crippen LogP contribution in [0.15, 0.2) is 43.0 Å². The van der Waals surface area contributed by atoms with Crippen molar-refractivity contribution >= 4 is 41.3 Å². The molecule has 1 aliphatic rings. The highest BCUT2D eigenvalue weighted by atomic mass is 19.1. The van der Waals surface area contributed by atoms with Crippen LogP contribution in [0, 0.1) is 11.6 Å². The molecule has 4 aromatic rings. The Morgan fingerprint density at radius 3 is 2.67 bits per heavy atom. The first-order valence-corrected chi connectivity index (χ1v) is 14.0. The molecule has 0 aromatic carbocycles. The topological polar surface area (TPSA) is 221 Å². The lowest BCUT2D eigenvalue weighted by molar-refractivity contribution is -0.138. The van der Waals surface area contributed by atoms with Gasteiger partial charge < -0.3 is 35.9 Å². The Morgan fingerprint density at radius 2 is 1.91 bits per heavy atom. The minimum absolute atomic E-state index is 0.00292. The van der Waals surface area contributed by atoms with Gasteiger partial charge in [-0.05, 0) is 56.4 Å². The molecule has 5 rings (SSSR count). The molecule has 15 nitrogen and oxygen atoms in total. The molecule has 0 aliphatic heterocycles. The van der Waals surface area contributed by atoms with Crippen LogP contribution >= 0.6 is 0 Å². The molecule has 0 unspecified atom stereocenters. The van der Waals surface area contributed by atoms with E-state index in [2.05, 4.69) is 40.9 Å². The van der Waals surface area contributed by atoms with E-state index in [1.807, 2.05) is 0 Å². The number of hydrogen-bond acceptors (Lipinski definition) is 10. The lowest BCUT2D eigenvalue weighted by Crippen LogP contribution is -2.42. The number of aromatic amines is 1. The van der Waals surface area contributed by atoms with E-state index >= 15 is 0 Å². The van der Waals surface area contributed by atoms with Crippen LogP contribution in [-0.4, -0.2) is 77.7 Å². The number of rotatable bonds is 9. The number of aliphatic carboxylic acids is 1. The number of alkyl carbamates (subject to hydrolysis) is 1. The van der Waals surface area contributed by atoms with Gasteiger partial charge in [-0.25, -0.2) is 28.5 Å². The number of halogens is 2. The van der Waals surface area contributed by atoms with Gasteiger partial charge in [0, 0.05) is 35.4 Å². The maximum atomic E-state index is 14.7. The summed E-state index contributed by atoms with van der Waals surface area (Å²) in [6, 6.07) is 2.81. The monoisotopic (exact) mass is 640 g/mol. The van der Waals surface area contributed by atoms with Gasteiger partial charge in [0.1, 0.15) is 29.8 Å². The van der Waals surface area contributed by atoms with Gasteiger partial charge in [-0.15, -0.1) is 0 Å². The van der Waals surface area contributed by atoms with Crippen molar-refractivity contribution in [3.8, 4) is 11.4 Å². The quantitative estimate of drug-likeness (QED) is 0.145. The number of nitrogens with zero attached hydrogens (tertiary/aromatic N) is 4. The first kappa shape index (κ1) is 33.2. The molecular formula is C29H30F2N8O7. The lowest BCUT2D eigenvalue weighted by Gasteiger charge is -2.30. The molecule has 242 valence electrons. The number of hydrogen-bond donors (Lipinski definition) is 6. The third-order valence-corrected chi connectivity index (χ3v) is 6.96.